The third-order valence-electron chi connectivity index (χ3n) is 6.74. The molecule has 2 aromatic rings. The summed E-state index contributed by atoms with van der Waals surface area (Å²) in [5, 5.41) is 1.05. The molecule has 10 heteroatoms. The highest BCUT2D eigenvalue weighted by Gasteiger charge is 2.30. The molecule has 31 heavy (non-hydrogen) atoms. The first-order valence-corrected chi connectivity index (χ1v) is 13.7. The summed E-state index contributed by atoms with van der Waals surface area (Å²) in [6.07, 6.45) is 6.15. The zero-order valence-corrected chi connectivity index (χ0v) is 20.5. The number of hydrogen-bond donors (Lipinski definition) is 0. The third-order valence-corrected chi connectivity index (χ3v) is 8.77. The van der Waals surface area contributed by atoms with Gasteiger partial charge >= 0.3 is 0 Å². The average molecular weight is 461 g/mol. The van der Waals surface area contributed by atoms with Crippen molar-refractivity contribution < 1.29 is 8.42 Å². The average Bonchev–Trinajstić information content (AvgIpc) is 3.24. The van der Waals surface area contributed by atoms with Crippen molar-refractivity contribution in [1.29, 1.82) is 0 Å². The lowest BCUT2D eigenvalue weighted by molar-refractivity contribution is 0.233. The van der Waals surface area contributed by atoms with E-state index < -0.39 is 9.84 Å². The largest absolute Gasteiger partial charge is 0.372 e. The summed E-state index contributed by atoms with van der Waals surface area (Å²) in [5.74, 6) is 2.37. The van der Waals surface area contributed by atoms with Crippen LogP contribution in [0.3, 0.4) is 0 Å². The van der Waals surface area contributed by atoms with Gasteiger partial charge in [-0.25, -0.2) is 8.42 Å². The van der Waals surface area contributed by atoms with Gasteiger partial charge in [-0.1, -0.05) is 5.46 Å². The maximum atomic E-state index is 11.9. The Hall–Kier alpha value is -1.81. The Morgan fingerprint density at radius 1 is 1.03 bits per heavy atom. The van der Waals surface area contributed by atoms with E-state index in [1.165, 1.54) is 43.5 Å². The summed E-state index contributed by atoms with van der Waals surface area (Å²) < 4.78 is 28.2. The van der Waals surface area contributed by atoms with Crippen molar-refractivity contribution in [2.24, 2.45) is 11.8 Å². The summed E-state index contributed by atoms with van der Waals surface area (Å²) in [6, 6.07) is 5.75. The minimum absolute atomic E-state index is 0.436. The smallest absolute Gasteiger partial charge is 0.238 e. The molecule has 0 spiro atoms. The monoisotopic (exact) mass is 461 g/mol. The first-order chi connectivity index (χ1) is 14.7. The van der Waals surface area contributed by atoms with E-state index in [9.17, 15) is 8.42 Å². The van der Waals surface area contributed by atoms with Crippen LogP contribution < -0.4 is 20.2 Å². The lowest BCUT2D eigenvalue weighted by Gasteiger charge is -2.40. The lowest BCUT2D eigenvalue weighted by atomic mass is 9.78. The van der Waals surface area contributed by atoms with Gasteiger partial charge in [-0.05, 0) is 55.7 Å². The number of rotatable bonds is 5. The molecule has 2 aliphatic rings. The maximum absolute atomic E-state index is 11.9. The van der Waals surface area contributed by atoms with Crippen molar-refractivity contribution >= 4 is 51.4 Å². The fourth-order valence-corrected chi connectivity index (χ4v) is 6.70. The van der Waals surface area contributed by atoms with Crippen LogP contribution in [0.4, 0.5) is 16.8 Å². The third kappa shape index (κ3) is 5.00. The Morgan fingerprint density at radius 3 is 2.10 bits per heavy atom. The molecular weight excluding hydrogens is 429 g/mol. The molecule has 1 aromatic carbocycles. The van der Waals surface area contributed by atoms with Crippen LogP contribution in [0.25, 0.3) is 0 Å². The van der Waals surface area contributed by atoms with Gasteiger partial charge in [0, 0.05) is 63.8 Å². The molecule has 7 nitrogen and oxygen atoms in total. The highest BCUT2D eigenvalue weighted by Crippen LogP contribution is 2.35. The molecule has 4 rings (SSSR count). The van der Waals surface area contributed by atoms with E-state index in [4.69, 9.17) is 0 Å². The van der Waals surface area contributed by atoms with Gasteiger partial charge in [-0.15, -0.1) is 0 Å². The minimum Gasteiger partial charge on any atom is -0.372 e. The molecule has 0 saturated carbocycles. The van der Waals surface area contributed by atoms with Crippen LogP contribution in [-0.2, 0) is 9.84 Å². The van der Waals surface area contributed by atoms with Crippen LogP contribution in [-0.4, -0.2) is 72.2 Å². The van der Waals surface area contributed by atoms with E-state index in [2.05, 4.69) is 19.2 Å². The highest BCUT2D eigenvalue weighted by molar-refractivity contribution is 7.91. The molecule has 3 heterocycles. The van der Waals surface area contributed by atoms with Gasteiger partial charge in [0.1, 0.15) is 7.85 Å². The second-order valence-corrected chi connectivity index (χ2v) is 11.9. The molecule has 2 fully saturated rings. The van der Waals surface area contributed by atoms with Gasteiger partial charge in [0.2, 0.25) is 11.1 Å². The number of hydrogen-bond acceptors (Lipinski definition) is 8. The Balaban J connectivity index is 1.30. The van der Waals surface area contributed by atoms with Gasteiger partial charge in [-0.3, -0.25) is 0 Å². The molecule has 0 N–H and O–H groups in total. The van der Waals surface area contributed by atoms with Gasteiger partial charge < -0.3 is 14.7 Å². The number of aromatic nitrogens is 2. The van der Waals surface area contributed by atoms with E-state index in [0.29, 0.717) is 4.90 Å². The van der Waals surface area contributed by atoms with Crippen molar-refractivity contribution in [2.45, 2.75) is 30.6 Å². The van der Waals surface area contributed by atoms with Crippen LogP contribution in [0, 0.1) is 11.8 Å². The van der Waals surface area contributed by atoms with Crippen LogP contribution in [0.1, 0.15) is 25.7 Å². The van der Waals surface area contributed by atoms with Crippen molar-refractivity contribution in [1.82, 2.24) is 9.36 Å². The Kier molecular flexibility index (Phi) is 6.48. The zero-order chi connectivity index (χ0) is 22.2. The summed E-state index contributed by atoms with van der Waals surface area (Å²) in [6.45, 7) is 4.23. The highest BCUT2D eigenvalue weighted by atomic mass is 32.2. The number of nitrogens with zero attached hydrogens (tertiary/aromatic N) is 5. The Labute approximate surface area is 190 Å². The fourth-order valence-electron chi connectivity index (χ4n) is 4.96. The maximum Gasteiger partial charge on any atom is 0.238 e. The minimum atomic E-state index is -3.16. The van der Waals surface area contributed by atoms with Gasteiger partial charge in [0.25, 0.3) is 0 Å². The topological polar surface area (TPSA) is 69.6 Å². The van der Waals surface area contributed by atoms with Crippen LogP contribution >= 0.6 is 11.5 Å². The van der Waals surface area contributed by atoms with Crippen molar-refractivity contribution in [3.8, 4) is 0 Å². The predicted octanol–water partition coefficient (Wildman–Crippen LogP) is 1.40. The second kappa shape index (κ2) is 8.98. The van der Waals surface area contributed by atoms with Crippen molar-refractivity contribution in [3.05, 3.63) is 18.2 Å². The number of piperidine rings is 2. The summed E-state index contributed by atoms with van der Waals surface area (Å²) >= 11 is 1.50. The first-order valence-electron chi connectivity index (χ1n) is 11.0. The molecule has 0 radical (unpaired) electrons. The van der Waals surface area contributed by atoms with Gasteiger partial charge in [-0.2, -0.15) is 9.36 Å². The molecule has 0 aliphatic carbocycles. The summed E-state index contributed by atoms with van der Waals surface area (Å²) in [5.41, 5.74) is 1.98. The molecule has 2 aliphatic heterocycles. The second-order valence-electron chi connectivity index (χ2n) is 9.14. The quantitative estimate of drug-likeness (QED) is 0.624. The van der Waals surface area contributed by atoms with Crippen molar-refractivity contribution in [2.75, 3.05) is 61.2 Å². The van der Waals surface area contributed by atoms with Crippen LogP contribution in [0.5, 0.6) is 0 Å². The van der Waals surface area contributed by atoms with E-state index >= 15 is 0 Å². The SMILES string of the molecule is Bc1cc(N2CCC(C3CCN(c4nc(N(C)C)ns4)CC3)CC2)ccc1S(C)(=O)=O. The standard InChI is InChI=1S/C21H32BN5O2S2/c1-25(2)20-23-21(30-24-20)27-12-8-16(9-13-27)15-6-10-26(11-7-15)17-4-5-19(18(22)14-17)31(3,28)29/h4-5,14-16H,6-13,22H2,1-3H3. The number of benzene rings is 1. The first kappa shape index (κ1) is 22.4. The Bertz CT molecular complexity index is 1010. The van der Waals surface area contributed by atoms with E-state index in [0.717, 1.165) is 60.2 Å². The normalized spacial score (nSPS) is 19.1. The number of sulfone groups is 1. The molecule has 2 saturated heterocycles. The van der Waals surface area contributed by atoms with Gasteiger partial charge in [0.05, 0.1) is 4.90 Å². The molecular formula is C21H32BN5O2S2. The molecule has 0 atom stereocenters. The molecule has 0 bridgehead atoms. The van der Waals surface area contributed by atoms with E-state index in [1.807, 2.05) is 39.0 Å². The fraction of sp³-hybridized carbons (Fsp3) is 0.619. The lowest BCUT2D eigenvalue weighted by Crippen LogP contribution is -2.41. The van der Waals surface area contributed by atoms with Crippen LogP contribution in [0.2, 0.25) is 0 Å². The Morgan fingerprint density at radius 2 is 1.61 bits per heavy atom. The van der Waals surface area contributed by atoms with Gasteiger partial charge in [0.15, 0.2) is 9.84 Å². The van der Waals surface area contributed by atoms with Crippen LogP contribution in [0.15, 0.2) is 23.1 Å². The zero-order valence-electron chi connectivity index (χ0n) is 18.9. The number of anilines is 3. The summed E-state index contributed by atoms with van der Waals surface area (Å²) in [4.78, 5) is 11.9. The predicted molar refractivity (Wildman–Crippen MR) is 132 cm³/mol. The molecule has 1 aromatic heterocycles. The summed E-state index contributed by atoms with van der Waals surface area (Å²) in [7, 11) is 2.68. The van der Waals surface area contributed by atoms with Crippen molar-refractivity contribution in [3.63, 3.8) is 0 Å². The molecule has 168 valence electrons. The van der Waals surface area contributed by atoms with E-state index in [-0.39, 0.29) is 0 Å². The molecule has 0 unspecified atom stereocenters. The van der Waals surface area contributed by atoms with E-state index in [1.54, 1.807) is 6.07 Å². The molecule has 0 amide bonds.